The van der Waals surface area contributed by atoms with Gasteiger partial charge in [-0.2, -0.15) is 0 Å². The molecule has 3 rings (SSSR count). The Morgan fingerprint density at radius 1 is 1.17 bits per heavy atom. The van der Waals surface area contributed by atoms with E-state index in [-0.39, 0.29) is 6.03 Å². The first-order valence-corrected chi connectivity index (χ1v) is 8.15. The molecule has 0 aliphatic carbocycles. The number of para-hydroxylation sites is 1. The molecule has 1 saturated heterocycles. The Morgan fingerprint density at radius 3 is 2.54 bits per heavy atom. The second-order valence-electron chi connectivity index (χ2n) is 5.99. The molecule has 0 bridgehead atoms. The third-order valence-corrected chi connectivity index (χ3v) is 4.50. The van der Waals surface area contributed by atoms with Gasteiger partial charge in [0.15, 0.2) is 0 Å². The van der Waals surface area contributed by atoms with Crippen LogP contribution in [0.15, 0.2) is 54.6 Å². The zero-order valence-corrected chi connectivity index (χ0v) is 14.1. The number of carbonyl (C=O) groups excluding carboxylic acids is 1. The van der Waals surface area contributed by atoms with Gasteiger partial charge in [-0.05, 0) is 42.8 Å². The number of nitrogens with zero attached hydrogens (tertiary/aromatic N) is 2. The number of methoxy groups -OCH3 is 1. The summed E-state index contributed by atoms with van der Waals surface area (Å²) >= 11 is 0. The Bertz CT molecular complexity index is 673. The number of ether oxygens (including phenoxy) is 1. The lowest BCUT2D eigenvalue weighted by atomic mass is 10.2. The maximum Gasteiger partial charge on any atom is 0.321 e. The Hall–Kier alpha value is -2.69. The van der Waals surface area contributed by atoms with Crippen LogP contribution >= 0.6 is 0 Å². The summed E-state index contributed by atoms with van der Waals surface area (Å²) in [6, 6.07) is 17.9. The fraction of sp³-hybridized carbons (Fsp3) is 0.316. The van der Waals surface area contributed by atoms with E-state index in [9.17, 15) is 4.79 Å². The maximum absolute atomic E-state index is 12.4. The number of hydrogen-bond acceptors (Lipinski definition) is 3. The van der Waals surface area contributed by atoms with Crippen molar-refractivity contribution < 1.29 is 9.53 Å². The third-order valence-electron chi connectivity index (χ3n) is 4.50. The van der Waals surface area contributed by atoms with Crippen LogP contribution in [-0.4, -0.2) is 44.2 Å². The molecule has 0 unspecified atom stereocenters. The number of carbonyl (C=O) groups is 1. The number of likely N-dealkylation sites (N-methyl/N-ethyl adjacent to an activating group) is 1. The van der Waals surface area contributed by atoms with Crippen molar-refractivity contribution in [1.82, 2.24) is 4.90 Å². The van der Waals surface area contributed by atoms with Crippen molar-refractivity contribution in [2.75, 3.05) is 37.5 Å². The molecule has 5 heteroatoms. The van der Waals surface area contributed by atoms with Crippen LogP contribution in [0.3, 0.4) is 0 Å². The predicted molar refractivity (Wildman–Crippen MR) is 96.8 cm³/mol. The smallest absolute Gasteiger partial charge is 0.321 e. The summed E-state index contributed by atoms with van der Waals surface area (Å²) < 4.78 is 5.13. The van der Waals surface area contributed by atoms with Crippen LogP contribution < -0.4 is 15.0 Å². The number of anilines is 2. The number of benzene rings is 2. The molecule has 24 heavy (non-hydrogen) atoms. The van der Waals surface area contributed by atoms with Gasteiger partial charge in [0, 0.05) is 37.6 Å². The zero-order valence-electron chi connectivity index (χ0n) is 14.1. The van der Waals surface area contributed by atoms with Gasteiger partial charge < -0.3 is 19.9 Å². The van der Waals surface area contributed by atoms with Crippen LogP contribution in [-0.2, 0) is 0 Å². The number of hydrogen-bond donors (Lipinski definition) is 1. The Labute approximate surface area is 142 Å². The summed E-state index contributed by atoms with van der Waals surface area (Å²) in [6.07, 6.45) is 0.974. The number of likely N-dealkylation sites (tertiary alicyclic amines) is 1. The molecule has 2 aromatic carbocycles. The van der Waals surface area contributed by atoms with Crippen molar-refractivity contribution in [2.45, 2.75) is 12.5 Å². The minimum Gasteiger partial charge on any atom is -0.497 e. The normalized spacial score (nSPS) is 16.8. The lowest BCUT2D eigenvalue weighted by Gasteiger charge is -2.27. The first kappa shape index (κ1) is 16.2. The van der Waals surface area contributed by atoms with Crippen LogP contribution in [0.2, 0.25) is 0 Å². The highest BCUT2D eigenvalue weighted by Gasteiger charge is 2.29. The van der Waals surface area contributed by atoms with E-state index in [1.165, 1.54) is 5.69 Å². The highest BCUT2D eigenvalue weighted by molar-refractivity contribution is 5.89. The first-order valence-electron chi connectivity index (χ1n) is 8.15. The van der Waals surface area contributed by atoms with E-state index >= 15 is 0 Å². The second-order valence-corrected chi connectivity index (χ2v) is 5.99. The van der Waals surface area contributed by atoms with Crippen LogP contribution in [0.1, 0.15) is 6.42 Å². The van der Waals surface area contributed by atoms with Gasteiger partial charge in [0.2, 0.25) is 0 Å². The van der Waals surface area contributed by atoms with Crippen molar-refractivity contribution in [3.05, 3.63) is 54.6 Å². The van der Waals surface area contributed by atoms with Crippen LogP contribution in [0.5, 0.6) is 5.75 Å². The zero-order chi connectivity index (χ0) is 16.9. The lowest BCUT2D eigenvalue weighted by Crippen LogP contribution is -2.38. The molecule has 0 saturated carbocycles. The van der Waals surface area contributed by atoms with Gasteiger partial charge in [0.25, 0.3) is 0 Å². The number of urea groups is 1. The fourth-order valence-electron chi connectivity index (χ4n) is 2.99. The molecule has 1 aliphatic heterocycles. The molecule has 2 aromatic rings. The molecule has 0 radical (unpaired) electrons. The molecule has 2 amide bonds. The van der Waals surface area contributed by atoms with E-state index in [0.717, 1.165) is 30.9 Å². The molecule has 1 aliphatic rings. The molecular formula is C19H23N3O2. The largest absolute Gasteiger partial charge is 0.497 e. The predicted octanol–water partition coefficient (Wildman–Crippen LogP) is 3.44. The van der Waals surface area contributed by atoms with E-state index < -0.39 is 0 Å². The molecule has 1 N–H and O–H groups in total. The van der Waals surface area contributed by atoms with E-state index in [1.54, 1.807) is 7.11 Å². The van der Waals surface area contributed by atoms with Gasteiger partial charge in [-0.3, -0.25) is 0 Å². The molecule has 5 nitrogen and oxygen atoms in total. The minimum atomic E-state index is -0.0517. The standard InChI is InChI=1S/C19H23N3O2/c1-21(16-6-4-3-5-7-16)17-12-13-22(14-17)19(23)20-15-8-10-18(24-2)11-9-15/h3-11,17H,12-14H2,1-2H3,(H,20,23)/t17-/m1/s1. The highest BCUT2D eigenvalue weighted by Crippen LogP contribution is 2.22. The van der Waals surface area contributed by atoms with Gasteiger partial charge in [0.1, 0.15) is 5.75 Å². The van der Waals surface area contributed by atoms with E-state index in [1.807, 2.05) is 47.4 Å². The van der Waals surface area contributed by atoms with Gasteiger partial charge in [-0.25, -0.2) is 4.79 Å². The average Bonchev–Trinajstić information content (AvgIpc) is 3.13. The second kappa shape index (κ2) is 7.25. The van der Waals surface area contributed by atoms with Crippen molar-refractivity contribution in [3.63, 3.8) is 0 Å². The molecule has 1 heterocycles. The summed E-state index contributed by atoms with van der Waals surface area (Å²) in [5.74, 6) is 0.777. The highest BCUT2D eigenvalue weighted by atomic mass is 16.5. The Balaban J connectivity index is 1.57. The molecule has 1 fully saturated rings. The lowest BCUT2D eigenvalue weighted by molar-refractivity contribution is 0.222. The van der Waals surface area contributed by atoms with E-state index in [0.29, 0.717) is 6.04 Å². The fourth-order valence-corrected chi connectivity index (χ4v) is 2.99. The summed E-state index contributed by atoms with van der Waals surface area (Å²) in [7, 11) is 3.71. The van der Waals surface area contributed by atoms with Gasteiger partial charge in [-0.1, -0.05) is 18.2 Å². The number of amides is 2. The van der Waals surface area contributed by atoms with Gasteiger partial charge >= 0.3 is 6.03 Å². The SMILES string of the molecule is COc1ccc(NC(=O)N2CC[C@@H](N(C)c3ccccc3)C2)cc1. The molecule has 0 spiro atoms. The van der Waals surface area contributed by atoms with Crippen LogP contribution in [0.25, 0.3) is 0 Å². The maximum atomic E-state index is 12.4. The third kappa shape index (κ3) is 3.62. The van der Waals surface area contributed by atoms with Gasteiger partial charge in [-0.15, -0.1) is 0 Å². The molecule has 126 valence electrons. The average molecular weight is 325 g/mol. The molecular weight excluding hydrogens is 302 g/mol. The molecule has 1 atom stereocenters. The topological polar surface area (TPSA) is 44.8 Å². The van der Waals surface area contributed by atoms with E-state index in [4.69, 9.17) is 4.74 Å². The molecule has 0 aromatic heterocycles. The van der Waals surface area contributed by atoms with Crippen LogP contribution in [0, 0.1) is 0 Å². The van der Waals surface area contributed by atoms with Crippen molar-refractivity contribution >= 4 is 17.4 Å². The summed E-state index contributed by atoms with van der Waals surface area (Å²) in [6.45, 7) is 1.50. The van der Waals surface area contributed by atoms with Crippen molar-refractivity contribution in [1.29, 1.82) is 0 Å². The van der Waals surface area contributed by atoms with Gasteiger partial charge in [0.05, 0.1) is 7.11 Å². The van der Waals surface area contributed by atoms with Crippen LogP contribution in [0.4, 0.5) is 16.2 Å². The minimum absolute atomic E-state index is 0.0517. The van der Waals surface area contributed by atoms with Crippen molar-refractivity contribution in [2.24, 2.45) is 0 Å². The monoisotopic (exact) mass is 325 g/mol. The summed E-state index contributed by atoms with van der Waals surface area (Å²) in [4.78, 5) is 16.6. The summed E-state index contributed by atoms with van der Waals surface area (Å²) in [5.41, 5.74) is 1.96. The quantitative estimate of drug-likeness (QED) is 0.936. The summed E-state index contributed by atoms with van der Waals surface area (Å²) in [5, 5.41) is 2.95. The first-order chi connectivity index (χ1) is 11.7. The van der Waals surface area contributed by atoms with E-state index in [2.05, 4.69) is 29.4 Å². The van der Waals surface area contributed by atoms with Crippen molar-refractivity contribution in [3.8, 4) is 5.75 Å². The number of nitrogens with one attached hydrogen (secondary N) is 1. The Kier molecular flexibility index (Phi) is 4.89. The number of rotatable bonds is 4. The Morgan fingerprint density at radius 2 is 1.88 bits per heavy atom.